The molecule has 0 spiro atoms. The van der Waals surface area contributed by atoms with Crippen LogP contribution in [0, 0.1) is 0 Å². The van der Waals surface area contributed by atoms with Crippen molar-refractivity contribution in [1.82, 2.24) is 15.2 Å². The Morgan fingerprint density at radius 2 is 1.91 bits per heavy atom. The number of carbonyl (C=O) groups excluding carboxylic acids is 1. The molecule has 4 heterocycles. The highest BCUT2D eigenvalue weighted by atomic mass is 32.1. The maximum Gasteiger partial charge on any atom is 0.268 e. The minimum Gasteiger partial charge on any atom is -0.378 e. The number of aromatic amines is 1. The summed E-state index contributed by atoms with van der Waals surface area (Å²) in [6.45, 7) is 3.25. The van der Waals surface area contributed by atoms with Crippen molar-refractivity contribution in [2.24, 2.45) is 5.73 Å². The van der Waals surface area contributed by atoms with Crippen molar-refractivity contribution in [1.29, 1.82) is 0 Å². The molecule has 3 aromatic rings. The van der Waals surface area contributed by atoms with Crippen LogP contribution in [0.3, 0.4) is 0 Å². The largest absolute Gasteiger partial charge is 0.378 e. The van der Waals surface area contributed by atoms with Gasteiger partial charge in [-0.1, -0.05) is 0 Å². The summed E-state index contributed by atoms with van der Waals surface area (Å²) in [5, 5.41) is 7.31. The highest BCUT2D eigenvalue weighted by Gasteiger charge is 2.35. The average Bonchev–Trinajstić information content (AvgIpc) is 3.50. The van der Waals surface area contributed by atoms with Crippen molar-refractivity contribution in [2.45, 2.75) is 18.8 Å². The number of thiazole rings is 1. The molecule has 2 fully saturated rings. The lowest BCUT2D eigenvalue weighted by Gasteiger charge is -2.36. The van der Waals surface area contributed by atoms with Crippen LogP contribution in [0.1, 0.15) is 23.3 Å². The zero-order valence-electron chi connectivity index (χ0n) is 17.9. The lowest BCUT2D eigenvalue weighted by molar-refractivity contribution is -0.0220. The van der Waals surface area contributed by atoms with Gasteiger partial charge in [0.2, 0.25) is 0 Å². The van der Waals surface area contributed by atoms with Crippen LogP contribution in [0.4, 0.5) is 20.2 Å². The fraction of sp³-hybridized carbons (Fsp3) is 0.409. The van der Waals surface area contributed by atoms with E-state index in [2.05, 4.69) is 20.1 Å². The Labute approximate surface area is 193 Å². The first-order valence-electron chi connectivity index (χ1n) is 10.8. The number of alkyl halides is 2. The van der Waals surface area contributed by atoms with Gasteiger partial charge in [-0.2, -0.15) is 5.10 Å². The number of benzene rings is 1. The molecule has 2 aromatic heterocycles. The summed E-state index contributed by atoms with van der Waals surface area (Å²) >= 11 is 1.34. The minimum atomic E-state index is -2.66. The quantitative estimate of drug-likeness (QED) is 0.588. The number of rotatable bonds is 5. The monoisotopic (exact) mass is 474 g/mol. The normalized spacial score (nSPS) is 18.5. The first kappa shape index (κ1) is 21.8. The Balaban J connectivity index is 1.60. The van der Waals surface area contributed by atoms with Crippen LogP contribution in [0.15, 0.2) is 30.6 Å². The van der Waals surface area contributed by atoms with Gasteiger partial charge >= 0.3 is 0 Å². The maximum atomic E-state index is 13.9. The Bertz CT molecular complexity index is 1130. The molecule has 1 amide bonds. The number of halogens is 2. The van der Waals surface area contributed by atoms with Gasteiger partial charge in [0, 0.05) is 67.7 Å². The van der Waals surface area contributed by atoms with Gasteiger partial charge in [0.25, 0.3) is 11.8 Å². The molecule has 0 saturated carbocycles. The molecule has 0 aliphatic carbocycles. The molecule has 2 saturated heterocycles. The Kier molecular flexibility index (Phi) is 5.75. The first-order chi connectivity index (χ1) is 15.9. The van der Waals surface area contributed by atoms with Crippen LogP contribution < -0.4 is 15.5 Å². The molecule has 2 aliphatic rings. The highest BCUT2D eigenvalue weighted by Crippen LogP contribution is 2.43. The summed E-state index contributed by atoms with van der Waals surface area (Å²) in [6.07, 6.45) is 2.91. The second-order valence-corrected chi connectivity index (χ2v) is 9.19. The number of H-pyrrole nitrogens is 1. The smallest absolute Gasteiger partial charge is 0.268 e. The summed E-state index contributed by atoms with van der Waals surface area (Å²) in [6, 6.07) is 5.95. The van der Waals surface area contributed by atoms with E-state index in [1.165, 1.54) is 11.3 Å². The molecular formula is C22H24F2N6O2S. The van der Waals surface area contributed by atoms with E-state index < -0.39 is 11.8 Å². The summed E-state index contributed by atoms with van der Waals surface area (Å²) in [7, 11) is 0. The maximum absolute atomic E-state index is 13.9. The van der Waals surface area contributed by atoms with E-state index in [1.807, 2.05) is 23.1 Å². The van der Waals surface area contributed by atoms with Gasteiger partial charge in [-0.25, -0.2) is 13.8 Å². The van der Waals surface area contributed by atoms with Crippen molar-refractivity contribution < 1.29 is 18.3 Å². The van der Waals surface area contributed by atoms with Crippen molar-refractivity contribution in [2.75, 3.05) is 49.2 Å². The topological polar surface area (TPSA) is 100 Å². The van der Waals surface area contributed by atoms with Gasteiger partial charge in [-0.3, -0.25) is 9.89 Å². The third-order valence-corrected chi connectivity index (χ3v) is 7.18. The van der Waals surface area contributed by atoms with Crippen LogP contribution in [0.2, 0.25) is 0 Å². The number of aromatic nitrogens is 3. The van der Waals surface area contributed by atoms with E-state index in [9.17, 15) is 13.6 Å². The molecule has 3 N–H and O–H groups in total. The Morgan fingerprint density at radius 3 is 2.58 bits per heavy atom. The minimum absolute atomic E-state index is 0.166. The summed E-state index contributed by atoms with van der Waals surface area (Å²) in [5.74, 6) is -3.29. The van der Waals surface area contributed by atoms with Crippen molar-refractivity contribution in [3.8, 4) is 21.0 Å². The molecule has 5 rings (SSSR count). The van der Waals surface area contributed by atoms with Gasteiger partial charge in [0.15, 0.2) is 0 Å². The van der Waals surface area contributed by atoms with E-state index in [4.69, 9.17) is 10.5 Å². The number of anilines is 2. The number of primary amides is 1. The van der Waals surface area contributed by atoms with Crippen molar-refractivity contribution >= 4 is 28.6 Å². The summed E-state index contributed by atoms with van der Waals surface area (Å²) in [5.41, 5.74) is 9.15. The molecule has 11 heteroatoms. The standard InChI is InChI=1S/C22H24F2N6O2S/c23-22(24)3-5-30(6-4-22)17-11-15(29-7-9-32-10-8-29)1-2-16(17)19-18(20(25)31)28-21(33-19)14-12-26-27-13-14/h1-2,11-13H,3-10H2,(H2,25,31)(H,26,27). The number of nitrogens with one attached hydrogen (secondary N) is 1. The molecule has 1 aromatic carbocycles. The van der Waals surface area contributed by atoms with E-state index in [0.717, 1.165) is 35.6 Å². The molecule has 8 nitrogen and oxygen atoms in total. The molecular weight excluding hydrogens is 450 g/mol. The van der Waals surface area contributed by atoms with Gasteiger partial charge < -0.3 is 20.3 Å². The van der Waals surface area contributed by atoms with Crippen LogP contribution in [-0.4, -0.2) is 66.4 Å². The number of hydrogen-bond acceptors (Lipinski definition) is 7. The molecule has 174 valence electrons. The molecule has 0 atom stereocenters. The third-order valence-electron chi connectivity index (χ3n) is 6.04. The summed E-state index contributed by atoms with van der Waals surface area (Å²) < 4.78 is 33.2. The van der Waals surface area contributed by atoms with Crippen LogP contribution in [0.5, 0.6) is 0 Å². The Hall–Kier alpha value is -3.05. The van der Waals surface area contributed by atoms with Crippen LogP contribution in [-0.2, 0) is 4.74 Å². The molecule has 33 heavy (non-hydrogen) atoms. The summed E-state index contributed by atoms with van der Waals surface area (Å²) in [4.78, 5) is 21.6. The van der Waals surface area contributed by atoms with Crippen LogP contribution in [0.25, 0.3) is 21.0 Å². The second-order valence-electron chi connectivity index (χ2n) is 8.19. The number of nitrogens with zero attached hydrogens (tertiary/aromatic N) is 4. The molecule has 0 radical (unpaired) electrons. The molecule has 2 aliphatic heterocycles. The lowest BCUT2D eigenvalue weighted by Crippen LogP contribution is -2.40. The van der Waals surface area contributed by atoms with Crippen molar-refractivity contribution in [3.05, 3.63) is 36.3 Å². The van der Waals surface area contributed by atoms with E-state index in [1.54, 1.807) is 12.4 Å². The molecule has 0 bridgehead atoms. The first-order valence-corrected chi connectivity index (χ1v) is 11.6. The van der Waals surface area contributed by atoms with Crippen molar-refractivity contribution in [3.63, 3.8) is 0 Å². The van der Waals surface area contributed by atoms with Gasteiger partial charge in [0.05, 0.1) is 24.3 Å². The highest BCUT2D eigenvalue weighted by molar-refractivity contribution is 7.18. The SMILES string of the molecule is NC(=O)c1nc(-c2cn[nH]c2)sc1-c1ccc(N2CCOCC2)cc1N1CCC(F)(F)CC1. The third kappa shape index (κ3) is 4.42. The number of piperidine rings is 1. The zero-order valence-corrected chi connectivity index (χ0v) is 18.7. The zero-order chi connectivity index (χ0) is 23.0. The predicted molar refractivity (Wildman–Crippen MR) is 123 cm³/mol. The van der Waals surface area contributed by atoms with Crippen LogP contribution >= 0.6 is 11.3 Å². The fourth-order valence-corrected chi connectivity index (χ4v) is 5.31. The lowest BCUT2D eigenvalue weighted by atomic mass is 10.0. The number of amides is 1. The van der Waals surface area contributed by atoms with Gasteiger partial charge in [-0.05, 0) is 18.2 Å². The fourth-order valence-electron chi connectivity index (χ4n) is 4.23. The van der Waals surface area contributed by atoms with E-state index in [-0.39, 0.29) is 31.6 Å². The number of nitrogens with two attached hydrogens (primary N) is 1. The van der Waals surface area contributed by atoms with E-state index >= 15 is 0 Å². The number of morpholine rings is 1. The Morgan fingerprint density at radius 1 is 1.15 bits per heavy atom. The van der Waals surface area contributed by atoms with Gasteiger partial charge in [0.1, 0.15) is 10.7 Å². The van der Waals surface area contributed by atoms with Gasteiger partial charge in [-0.15, -0.1) is 11.3 Å². The predicted octanol–water partition coefficient (Wildman–Crippen LogP) is 3.37. The number of carbonyl (C=O) groups is 1. The second kappa shape index (κ2) is 8.71. The average molecular weight is 475 g/mol. The number of ether oxygens (including phenoxy) is 1. The number of hydrogen-bond donors (Lipinski definition) is 2. The molecule has 0 unspecified atom stereocenters. The van der Waals surface area contributed by atoms with E-state index in [0.29, 0.717) is 23.1 Å².